The SMILES string of the molecule is CN(C)CCNC1CCCC1O. The van der Waals surface area contributed by atoms with Crippen LogP contribution in [0.4, 0.5) is 0 Å². The van der Waals surface area contributed by atoms with Gasteiger partial charge in [-0.15, -0.1) is 0 Å². The van der Waals surface area contributed by atoms with Gasteiger partial charge in [-0.2, -0.15) is 0 Å². The zero-order valence-corrected chi connectivity index (χ0v) is 8.08. The molecule has 2 unspecified atom stereocenters. The quantitative estimate of drug-likeness (QED) is 0.629. The zero-order valence-electron chi connectivity index (χ0n) is 8.08. The second-order valence-corrected chi connectivity index (χ2v) is 3.86. The summed E-state index contributed by atoms with van der Waals surface area (Å²) in [5.41, 5.74) is 0. The Labute approximate surface area is 74.8 Å². The molecule has 1 rings (SSSR count). The number of nitrogens with zero attached hydrogens (tertiary/aromatic N) is 1. The highest BCUT2D eigenvalue weighted by Crippen LogP contribution is 2.18. The third-order valence-corrected chi connectivity index (χ3v) is 2.45. The van der Waals surface area contributed by atoms with Crippen molar-refractivity contribution in [2.75, 3.05) is 27.2 Å². The lowest BCUT2D eigenvalue weighted by Gasteiger charge is -2.17. The highest BCUT2D eigenvalue weighted by atomic mass is 16.3. The Hall–Kier alpha value is -0.120. The van der Waals surface area contributed by atoms with Gasteiger partial charge in [0.05, 0.1) is 6.10 Å². The molecule has 2 N–H and O–H groups in total. The minimum absolute atomic E-state index is 0.104. The first-order valence-electron chi connectivity index (χ1n) is 4.76. The molecule has 0 spiro atoms. The average Bonchev–Trinajstić information content (AvgIpc) is 2.36. The first-order chi connectivity index (χ1) is 5.70. The maximum Gasteiger partial charge on any atom is 0.0693 e. The minimum atomic E-state index is -0.104. The van der Waals surface area contributed by atoms with Crippen molar-refractivity contribution in [1.29, 1.82) is 0 Å². The number of hydrogen-bond donors (Lipinski definition) is 2. The maximum absolute atomic E-state index is 9.48. The Morgan fingerprint density at radius 1 is 1.42 bits per heavy atom. The predicted molar refractivity (Wildman–Crippen MR) is 50.2 cm³/mol. The van der Waals surface area contributed by atoms with Gasteiger partial charge in [-0.1, -0.05) is 0 Å². The van der Waals surface area contributed by atoms with Gasteiger partial charge in [0, 0.05) is 19.1 Å². The molecule has 12 heavy (non-hydrogen) atoms. The standard InChI is InChI=1S/C9H20N2O/c1-11(2)7-6-10-8-4-3-5-9(8)12/h8-10,12H,3-7H2,1-2H3. The molecule has 3 heteroatoms. The predicted octanol–water partition coefficient (Wildman–Crippen LogP) is 0.0510. The van der Waals surface area contributed by atoms with E-state index in [-0.39, 0.29) is 6.10 Å². The monoisotopic (exact) mass is 172 g/mol. The molecule has 0 heterocycles. The molecule has 0 aromatic carbocycles. The van der Waals surface area contributed by atoms with Gasteiger partial charge in [0.2, 0.25) is 0 Å². The Morgan fingerprint density at radius 3 is 2.67 bits per heavy atom. The van der Waals surface area contributed by atoms with Gasteiger partial charge in [-0.25, -0.2) is 0 Å². The summed E-state index contributed by atoms with van der Waals surface area (Å²) in [6, 6.07) is 0.352. The summed E-state index contributed by atoms with van der Waals surface area (Å²) in [6.45, 7) is 2.03. The van der Waals surface area contributed by atoms with Crippen molar-refractivity contribution in [3.8, 4) is 0 Å². The first kappa shape index (κ1) is 9.96. The van der Waals surface area contributed by atoms with E-state index in [4.69, 9.17) is 0 Å². The fourth-order valence-corrected chi connectivity index (χ4v) is 1.65. The third kappa shape index (κ3) is 3.09. The van der Waals surface area contributed by atoms with Crippen LogP contribution in [0.2, 0.25) is 0 Å². The van der Waals surface area contributed by atoms with Gasteiger partial charge in [0.25, 0.3) is 0 Å². The van der Waals surface area contributed by atoms with Crippen molar-refractivity contribution in [3.05, 3.63) is 0 Å². The van der Waals surface area contributed by atoms with Crippen LogP contribution in [0.25, 0.3) is 0 Å². The van der Waals surface area contributed by atoms with Gasteiger partial charge in [0.1, 0.15) is 0 Å². The zero-order chi connectivity index (χ0) is 8.97. The van der Waals surface area contributed by atoms with Gasteiger partial charge < -0.3 is 15.3 Å². The summed E-state index contributed by atoms with van der Waals surface area (Å²) in [7, 11) is 4.12. The number of aliphatic hydroxyl groups excluding tert-OH is 1. The van der Waals surface area contributed by atoms with Gasteiger partial charge in [-0.3, -0.25) is 0 Å². The highest BCUT2D eigenvalue weighted by molar-refractivity contribution is 4.82. The van der Waals surface area contributed by atoms with Crippen molar-refractivity contribution >= 4 is 0 Å². The third-order valence-electron chi connectivity index (χ3n) is 2.45. The molecule has 72 valence electrons. The summed E-state index contributed by atoms with van der Waals surface area (Å²) in [5.74, 6) is 0. The van der Waals surface area contributed by atoms with E-state index in [2.05, 4.69) is 24.3 Å². The van der Waals surface area contributed by atoms with Crippen LogP contribution in [0, 0.1) is 0 Å². The molecule has 2 atom stereocenters. The number of hydrogen-bond acceptors (Lipinski definition) is 3. The summed E-state index contributed by atoms with van der Waals surface area (Å²) >= 11 is 0. The average molecular weight is 172 g/mol. The molecular weight excluding hydrogens is 152 g/mol. The van der Waals surface area contributed by atoms with E-state index in [1.807, 2.05) is 0 Å². The lowest BCUT2D eigenvalue weighted by atomic mass is 10.2. The van der Waals surface area contributed by atoms with Crippen LogP contribution in [0.15, 0.2) is 0 Å². The molecule has 0 saturated heterocycles. The van der Waals surface area contributed by atoms with E-state index in [0.29, 0.717) is 6.04 Å². The molecule has 1 saturated carbocycles. The van der Waals surface area contributed by atoms with Crippen molar-refractivity contribution in [3.63, 3.8) is 0 Å². The Bertz CT molecular complexity index is 128. The van der Waals surface area contributed by atoms with Gasteiger partial charge in [-0.05, 0) is 33.4 Å². The Kier molecular flexibility index (Phi) is 3.98. The molecule has 0 radical (unpaired) electrons. The van der Waals surface area contributed by atoms with E-state index in [1.165, 1.54) is 6.42 Å². The van der Waals surface area contributed by atoms with Crippen molar-refractivity contribution in [2.24, 2.45) is 0 Å². The van der Waals surface area contributed by atoms with Crippen LogP contribution in [0.3, 0.4) is 0 Å². The van der Waals surface area contributed by atoms with Crippen LogP contribution in [0.5, 0.6) is 0 Å². The largest absolute Gasteiger partial charge is 0.392 e. The molecule has 0 amide bonds. The summed E-state index contributed by atoms with van der Waals surface area (Å²) in [5, 5.41) is 12.8. The molecule has 1 fully saturated rings. The lowest BCUT2D eigenvalue weighted by Crippen LogP contribution is -2.39. The van der Waals surface area contributed by atoms with Crippen LogP contribution in [0.1, 0.15) is 19.3 Å². The van der Waals surface area contributed by atoms with E-state index in [9.17, 15) is 5.11 Å². The fraction of sp³-hybridized carbons (Fsp3) is 1.00. The van der Waals surface area contributed by atoms with E-state index in [1.54, 1.807) is 0 Å². The molecule has 1 aliphatic carbocycles. The molecule has 0 aromatic heterocycles. The summed E-state index contributed by atoms with van der Waals surface area (Å²) in [6.07, 6.45) is 3.17. The number of likely N-dealkylation sites (N-methyl/N-ethyl adjacent to an activating group) is 1. The second-order valence-electron chi connectivity index (χ2n) is 3.86. The van der Waals surface area contributed by atoms with Gasteiger partial charge >= 0.3 is 0 Å². The van der Waals surface area contributed by atoms with Gasteiger partial charge in [0.15, 0.2) is 0 Å². The molecule has 0 aromatic rings. The van der Waals surface area contributed by atoms with Crippen molar-refractivity contribution in [1.82, 2.24) is 10.2 Å². The van der Waals surface area contributed by atoms with E-state index in [0.717, 1.165) is 25.9 Å². The fourth-order valence-electron chi connectivity index (χ4n) is 1.65. The van der Waals surface area contributed by atoms with Crippen LogP contribution in [-0.4, -0.2) is 49.3 Å². The van der Waals surface area contributed by atoms with E-state index >= 15 is 0 Å². The summed E-state index contributed by atoms with van der Waals surface area (Å²) in [4.78, 5) is 2.15. The maximum atomic E-state index is 9.48. The molecular formula is C9H20N2O. The Balaban J connectivity index is 2.06. The molecule has 1 aliphatic rings. The van der Waals surface area contributed by atoms with Crippen LogP contribution < -0.4 is 5.32 Å². The molecule has 3 nitrogen and oxygen atoms in total. The van der Waals surface area contributed by atoms with Crippen LogP contribution in [-0.2, 0) is 0 Å². The molecule has 0 aliphatic heterocycles. The second kappa shape index (κ2) is 4.80. The highest BCUT2D eigenvalue weighted by Gasteiger charge is 2.23. The minimum Gasteiger partial charge on any atom is -0.392 e. The smallest absolute Gasteiger partial charge is 0.0693 e. The summed E-state index contributed by atoms with van der Waals surface area (Å²) < 4.78 is 0. The van der Waals surface area contributed by atoms with Crippen molar-refractivity contribution < 1.29 is 5.11 Å². The van der Waals surface area contributed by atoms with Crippen molar-refractivity contribution in [2.45, 2.75) is 31.4 Å². The number of aliphatic hydroxyl groups is 1. The van der Waals surface area contributed by atoms with Crippen LogP contribution >= 0.6 is 0 Å². The topological polar surface area (TPSA) is 35.5 Å². The van der Waals surface area contributed by atoms with E-state index < -0.39 is 0 Å². The molecule has 0 bridgehead atoms. The Morgan fingerprint density at radius 2 is 2.17 bits per heavy atom. The number of nitrogens with one attached hydrogen (secondary N) is 1. The lowest BCUT2D eigenvalue weighted by molar-refractivity contribution is 0.148. The number of rotatable bonds is 4. The normalized spacial score (nSPS) is 30.0. The first-order valence-corrected chi connectivity index (χ1v) is 4.76.